The lowest BCUT2D eigenvalue weighted by Crippen LogP contribution is -2.18. The van der Waals surface area contributed by atoms with E-state index in [1.807, 2.05) is 18.2 Å². The maximum absolute atomic E-state index is 12.3. The van der Waals surface area contributed by atoms with Gasteiger partial charge in [-0.05, 0) is 41.8 Å². The summed E-state index contributed by atoms with van der Waals surface area (Å²) in [6.45, 7) is 0. The molecule has 0 saturated carbocycles. The molecule has 3 aromatic rings. The SMILES string of the molecule is O=c1c2ccc(Cl)cc2ccn1-c1ccccn1. The van der Waals surface area contributed by atoms with E-state index >= 15 is 0 Å². The van der Waals surface area contributed by atoms with Crippen molar-refractivity contribution < 1.29 is 0 Å². The van der Waals surface area contributed by atoms with Crippen molar-refractivity contribution in [2.45, 2.75) is 0 Å². The van der Waals surface area contributed by atoms with Gasteiger partial charge in [-0.3, -0.25) is 9.36 Å². The lowest BCUT2D eigenvalue weighted by atomic mass is 10.2. The van der Waals surface area contributed by atoms with Gasteiger partial charge in [0.2, 0.25) is 0 Å². The Labute approximate surface area is 108 Å². The monoisotopic (exact) mass is 256 g/mol. The average molecular weight is 257 g/mol. The van der Waals surface area contributed by atoms with E-state index in [2.05, 4.69) is 4.98 Å². The van der Waals surface area contributed by atoms with Crippen LogP contribution in [0.1, 0.15) is 0 Å². The third-order valence-electron chi connectivity index (χ3n) is 2.76. The molecule has 3 nitrogen and oxygen atoms in total. The van der Waals surface area contributed by atoms with Crippen LogP contribution in [0.4, 0.5) is 0 Å². The molecule has 0 unspecified atom stereocenters. The topological polar surface area (TPSA) is 34.9 Å². The maximum Gasteiger partial charge on any atom is 0.264 e. The molecule has 4 heteroatoms. The molecule has 0 amide bonds. The van der Waals surface area contributed by atoms with E-state index in [0.29, 0.717) is 16.2 Å². The molecule has 0 aliphatic carbocycles. The Morgan fingerprint density at radius 2 is 2.00 bits per heavy atom. The highest BCUT2D eigenvalue weighted by atomic mass is 35.5. The molecular weight excluding hydrogens is 248 g/mol. The summed E-state index contributed by atoms with van der Waals surface area (Å²) >= 11 is 5.91. The number of halogens is 1. The van der Waals surface area contributed by atoms with Gasteiger partial charge in [0.25, 0.3) is 5.56 Å². The Balaban J connectivity index is 2.31. The molecule has 0 aliphatic rings. The van der Waals surface area contributed by atoms with Crippen LogP contribution in [0.15, 0.2) is 59.7 Å². The van der Waals surface area contributed by atoms with Crippen LogP contribution < -0.4 is 5.56 Å². The fraction of sp³-hybridized carbons (Fsp3) is 0. The number of nitrogens with zero attached hydrogens (tertiary/aromatic N) is 2. The van der Waals surface area contributed by atoms with Crippen LogP contribution >= 0.6 is 11.6 Å². The Hall–Kier alpha value is -2.13. The van der Waals surface area contributed by atoms with Gasteiger partial charge in [0.05, 0.1) is 0 Å². The molecule has 1 aromatic carbocycles. The second-order valence-corrected chi connectivity index (χ2v) is 4.35. The molecule has 18 heavy (non-hydrogen) atoms. The van der Waals surface area contributed by atoms with Crippen molar-refractivity contribution in [3.63, 3.8) is 0 Å². The van der Waals surface area contributed by atoms with Crippen molar-refractivity contribution in [1.29, 1.82) is 0 Å². The van der Waals surface area contributed by atoms with Crippen LogP contribution in [0.3, 0.4) is 0 Å². The van der Waals surface area contributed by atoms with Crippen molar-refractivity contribution in [1.82, 2.24) is 9.55 Å². The van der Waals surface area contributed by atoms with Gasteiger partial charge in [0.15, 0.2) is 0 Å². The van der Waals surface area contributed by atoms with E-state index in [1.54, 1.807) is 36.7 Å². The molecule has 0 spiro atoms. The maximum atomic E-state index is 12.3. The summed E-state index contributed by atoms with van der Waals surface area (Å²) in [5.74, 6) is 0.611. The van der Waals surface area contributed by atoms with Gasteiger partial charge in [0.1, 0.15) is 5.82 Å². The molecule has 0 bridgehead atoms. The van der Waals surface area contributed by atoms with Gasteiger partial charge in [0, 0.05) is 22.8 Å². The number of aromatic nitrogens is 2. The first-order chi connectivity index (χ1) is 8.75. The van der Waals surface area contributed by atoms with Crippen LogP contribution in [-0.2, 0) is 0 Å². The minimum atomic E-state index is -0.0946. The Bertz CT molecular complexity index is 766. The zero-order chi connectivity index (χ0) is 12.5. The fourth-order valence-corrected chi connectivity index (χ4v) is 2.08. The average Bonchev–Trinajstić information content (AvgIpc) is 2.40. The quantitative estimate of drug-likeness (QED) is 0.671. The van der Waals surface area contributed by atoms with E-state index < -0.39 is 0 Å². The molecule has 0 saturated heterocycles. The molecule has 3 rings (SSSR count). The third-order valence-corrected chi connectivity index (χ3v) is 3.00. The van der Waals surface area contributed by atoms with Gasteiger partial charge < -0.3 is 0 Å². The highest BCUT2D eigenvalue weighted by Crippen LogP contribution is 2.16. The predicted octanol–water partition coefficient (Wildman–Crippen LogP) is 3.04. The molecule has 2 aromatic heterocycles. The van der Waals surface area contributed by atoms with Crippen LogP contribution in [0.5, 0.6) is 0 Å². The molecule has 0 aliphatic heterocycles. The minimum Gasteiger partial charge on any atom is -0.268 e. The second-order valence-electron chi connectivity index (χ2n) is 3.91. The third kappa shape index (κ3) is 1.79. The zero-order valence-electron chi connectivity index (χ0n) is 9.38. The van der Waals surface area contributed by atoms with E-state index in [-0.39, 0.29) is 5.56 Å². The number of rotatable bonds is 1. The first-order valence-electron chi connectivity index (χ1n) is 5.48. The summed E-state index contributed by atoms with van der Waals surface area (Å²) in [5, 5.41) is 2.09. The summed E-state index contributed by atoms with van der Waals surface area (Å²) in [5.41, 5.74) is -0.0946. The van der Waals surface area contributed by atoms with Crippen LogP contribution in [-0.4, -0.2) is 9.55 Å². The lowest BCUT2D eigenvalue weighted by Gasteiger charge is -2.06. The molecule has 0 radical (unpaired) electrons. The zero-order valence-corrected chi connectivity index (χ0v) is 10.1. The smallest absolute Gasteiger partial charge is 0.264 e. The molecule has 0 N–H and O–H groups in total. The summed E-state index contributed by atoms with van der Waals surface area (Å²) in [6, 6.07) is 12.5. The number of hydrogen-bond acceptors (Lipinski definition) is 2. The van der Waals surface area contributed by atoms with Crippen molar-refractivity contribution in [3.05, 3.63) is 70.2 Å². The van der Waals surface area contributed by atoms with E-state index in [9.17, 15) is 4.79 Å². The standard InChI is InChI=1S/C14H9ClN2O/c15-11-4-5-12-10(9-11)6-8-17(14(12)18)13-3-1-2-7-16-13/h1-9H. The Morgan fingerprint density at radius 3 is 2.78 bits per heavy atom. The van der Waals surface area contributed by atoms with Gasteiger partial charge in [-0.25, -0.2) is 4.98 Å². The largest absolute Gasteiger partial charge is 0.268 e. The highest BCUT2D eigenvalue weighted by Gasteiger charge is 2.05. The minimum absolute atomic E-state index is 0.0946. The lowest BCUT2D eigenvalue weighted by molar-refractivity contribution is 0.955. The number of fused-ring (bicyclic) bond motifs is 1. The molecule has 2 heterocycles. The van der Waals surface area contributed by atoms with E-state index in [1.165, 1.54) is 4.57 Å². The molecular formula is C14H9ClN2O. The van der Waals surface area contributed by atoms with Crippen LogP contribution in [0.2, 0.25) is 5.02 Å². The van der Waals surface area contributed by atoms with Crippen molar-refractivity contribution >= 4 is 22.4 Å². The van der Waals surface area contributed by atoms with E-state index in [0.717, 1.165) is 5.39 Å². The summed E-state index contributed by atoms with van der Waals surface area (Å²) in [7, 11) is 0. The summed E-state index contributed by atoms with van der Waals surface area (Å²) in [6.07, 6.45) is 3.37. The number of benzene rings is 1. The molecule has 0 fully saturated rings. The van der Waals surface area contributed by atoms with Gasteiger partial charge in [-0.1, -0.05) is 17.7 Å². The second kappa shape index (κ2) is 4.27. The summed E-state index contributed by atoms with van der Waals surface area (Å²) < 4.78 is 1.52. The van der Waals surface area contributed by atoms with Gasteiger partial charge in [-0.2, -0.15) is 0 Å². The van der Waals surface area contributed by atoms with Crippen molar-refractivity contribution in [2.75, 3.05) is 0 Å². The first-order valence-corrected chi connectivity index (χ1v) is 5.86. The Morgan fingerprint density at radius 1 is 1.11 bits per heavy atom. The Kier molecular flexibility index (Phi) is 2.61. The van der Waals surface area contributed by atoms with Gasteiger partial charge >= 0.3 is 0 Å². The number of pyridine rings is 2. The first kappa shape index (κ1) is 11.0. The summed E-state index contributed by atoms with van der Waals surface area (Å²) in [4.78, 5) is 16.5. The van der Waals surface area contributed by atoms with Crippen LogP contribution in [0.25, 0.3) is 16.6 Å². The number of hydrogen-bond donors (Lipinski definition) is 0. The fourth-order valence-electron chi connectivity index (χ4n) is 1.90. The van der Waals surface area contributed by atoms with Crippen molar-refractivity contribution in [2.24, 2.45) is 0 Å². The van der Waals surface area contributed by atoms with Gasteiger partial charge in [-0.15, -0.1) is 0 Å². The predicted molar refractivity (Wildman–Crippen MR) is 72.4 cm³/mol. The normalized spacial score (nSPS) is 10.7. The molecule has 0 atom stereocenters. The van der Waals surface area contributed by atoms with E-state index in [4.69, 9.17) is 11.6 Å². The van der Waals surface area contributed by atoms with Crippen molar-refractivity contribution in [3.8, 4) is 5.82 Å². The molecule has 88 valence electrons. The highest BCUT2D eigenvalue weighted by molar-refractivity contribution is 6.31. The van der Waals surface area contributed by atoms with Crippen LogP contribution in [0, 0.1) is 0 Å².